The van der Waals surface area contributed by atoms with Crippen molar-refractivity contribution in [2.24, 2.45) is 5.73 Å². The number of aromatic nitrogens is 3. The number of hydrogen-bond acceptors (Lipinski definition) is 3. The summed E-state index contributed by atoms with van der Waals surface area (Å²) in [6, 6.07) is 5.04. The minimum Gasteiger partial charge on any atom is -0.322 e. The zero-order valence-corrected chi connectivity index (χ0v) is 9.86. The first kappa shape index (κ1) is 11.4. The Labute approximate surface area is 103 Å². The van der Waals surface area contributed by atoms with Gasteiger partial charge in [0.05, 0.1) is 12.6 Å². The lowest BCUT2D eigenvalue weighted by Gasteiger charge is -2.13. The number of benzene rings is 1. The van der Waals surface area contributed by atoms with Gasteiger partial charge in [-0.1, -0.05) is 29.3 Å². The number of hydrogen-bond donors (Lipinski definition) is 1. The van der Waals surface area contributed by atoms with Crippen LogP contribution < -0.4 is 5.73 Å². The molecule has 2 aromatic rings. The fourth-order valence-corrected chi connectivity index (χ4v) is 1.98. The van der Waals surface area contributed by atoms with Gasteiger partial charge in [0, 0.05) is 10.0 Å². The Bertz CT molecular complexity index is 470. The molecule has 1 heterocycles. The summed E-state index contributed by atoms with van der Waals surface area (Å²) in [5.74, 6) is 0. The van der Waals surface area contributed by atoms with Crippen LogP contribution in [0.4, 0.5) is 0 Å². The first-order valence-corrected chi connectivity index (χ1v) is 5.45. The van der Waals surface area contributed by atoms with Crippen LogP contribution in [0.2, 0.25) is 10.0 Å². The Morgan fingerprint density at radius 3 is 2.81 bits per heavy atom. The molecule has 0 aliphatic carbocycles. The normalized spacial score (nSPS) is 12.7. The van der Waals surface area contributed by atoms with E-state index in [-0.39, 0.29) is 6.04 Å². The number of nitrogens with two attached hydrogens (primary N) is 1. The van der Waals surface area contributed by atoms with Crippen molar-refractivity contribution in [3.05, 3.63) is 46.5 Å². The molecule has 0 saturated heterocycles. The molecule has 1 aromatic heterocycles. The van der Waals surface area contributed by atoms with Crippen molar-refractivity contribution in [3.63, 3.8) is 0 Å². The minimum absolute atomic E-state index is 0.230. The molecule has 6 heteroatoms. The van der Waals surface area contributed by atoms with Crippen molar-refractivity contribution < 1.29 is 0 Å². The van der Waals surface area contributed by atoms with E-state index in [2.05, 4.69) is 10.1 Å². The van der Waals surface area contributed by atoms with Gasteiger partial charge in [0.1, 0.15) is 12.7 Å². The summed E-state index contributed by atoms with van der Waals surface area (Å²) >= 11 is 11.9. The van der Waals surface area contributed by atoms with Crippen LogP contribution in [0.15, 0.2) is 30.9 Å². The van der Waals surface area contributed by atoms with Crippen molar-refractivity contribution in [2.45, 2.75) is 12.6 Å². The van der Waals surface area contributed by atoms with Crippen molar-refractivity contribution in [2.75, 3.05) is 0 Å². The maximum atomic E-state index is 6.05. The minimum atomic E-state index is -0.230. The van der Waals surface area contributed by atoms with Crippen LogP contribution in [0.5, 0.6) is 0 Å². The Balaban J connectivity index is 2.17. The molecule has 0 fully saturated rings. The molecule has 0 unspecified atom stereocenters. The second-order valence-corrected chi connectivity index (χ2v) is 4.23. The van der Waals surface area contributed by atoms with Crippen LogP contribution >= 0.6 is 23.2 Å². The van der Waals surface area contributed by atoms with Gasteiger partial charge in [-0.2, -0.15) is 5.10 Å². The Morgan fingerprint density at radius 2 is 2.19 bits per heavy atom. The molecule has 0 aliphatic heterocycles. The Hall–Kier alpha value is -1.10. The standard InChI is InChI=1S/C10H10Cl2N4/c11-7-1-2-8(9(12)3-7)10(13)4-16-6-14-5-15-16/h1-3,5-6,10H,4,13H2/t10-/m0/s1. The topological polar surface area (TPSA) is 56.7 Å². The summed E-state index contributed by atoms with van der Waals surface area (Å²) < 4.78 is 1.66. The third-order valence-electron chi connectivity index (χ3n) is 2.21. The maximum absolute atomic E-state index is 6.05. The van der Waals surface area contributed by atoms with E-state index in [0.717, 1.165) is 5.56 Å². The summed E-state index contributed by atoms with van der Waals surface area (Å²) in [7, 11) is 0. The van der Waals surface area contributed by atoms with E-state index in [1.54, 1.807) is 23.1 Å². The van der Waals surface area contributed by atoms with Gasteiger partial charge in [-0.25, -0.2) is 4.98 Å². The lowest BCUT2D eigenvalue weighted by atomic mass is 10.1. The van der Waals surface area contributed by atoms with Gasteiger partial charge in [0.25, 0.3) is 0 Å². The summed E-state index contributed by atoms with van der Waals surface area (Å²) in [4.78, 5) is 3.85. The molecule has 0 spiro atoms. The highest BCUT2D eigenvalue weighted by Crippen LogP contribution is 2.25. The van der Waals surface area contributed by atoms with E-state index >= 15 is 0 Å². The van der Waals surface area contributed by atoms with Crippen LogP contribution in [-0.4, -0.2) is 14.8 Å². The van der Waals surface area contributed by atoms with Gasteiger partial charge in [0.2, 0.25) is 0 Å². The Morgan fingerprint density at radius 1 is 1.38 bits per heavy atom. The predicted molar refractivity (Wildman–Crippen MR) is 63.4 cm³/mol. The van der Waals surface area contributed by atoms with Crippen LogP contribution in [0.3, 0.4) is 0 Å². The van der Waals surface area contributed by atoms with E-state index in [1.165, 1.54) is 6.33 Å². The molecule has 4 nitrogen and oxygen atoms in total. The first-order valence-electron chi connectivity index (χ1n) is 4.70. The summed E-state index contributed by atoms with van der Waals surface area (Å²) in [6.45, 7) is 0.529. The third-order valence-corrected chi connectivity index (χ3v) is 2.77. The number of nitrogens with zero attached hydrogens (tertiary/aromatic N) is 3. The molecule has 2 N–H and O–H groups in total. The average Bonchev–Trinajstić information content (AvgIpc) is 2.70. The van der Waals surface area contributed by atoms with Gasteiger partial charge in [0.15, 0.2) is 0 Å². The molecule has 1 aromatic carbocycles. The molecule has 1 atom stereocenters. The van der Waals surface area contributed by atoms with Crippen molar-refractivity contribution in [1.82, 2.24) is 14.8 Å². The zero-order valence-electron chi connectivity index (χ0n) is 8.35. The lowest BCUT2D eigenvalue weighted by Crippen LogP contribution is -2.18. The summed E-state index contributed by atoms with van der Waals surface area (Å²) in [5.41, 5.74) is 6.87. The van der Waals surface area contributed by atoms with E-state index in [1.807, 2.05) is 6.07 Å². The van der Waals surface area contributed by atoms with E-state index < -0.39 is 0 Å². The van der Waals surface area contributed by atoms with Gasteiger partial charge < -0.3 is 5.73 Å². The maximum Gasteiger partial charge on any atom is 0.137 e. The van der Waals surface area contributed by atoms with Crippen molar-refractivity contribution >= 4 is 23.2 Å². The molecular weight excluding hydrogens is 247 g/mol. The SMILES string of the molecule is N[C@@H](Cn1cncn1)c1ccc(Cl)cc1Cl. The highest BCUT2D eigenvalue weighted by atomic mass is 35.5. The van der Waals surface area contributed by atoms with Crippen LogP contribution in [0, 0.1) is 0 Å². The zero-order chi connectivity index (χ0) is 11.5. The highest BCUT2D eigenvalue weighted by molar-refractivity contribution is 6.35. The highest BCUT2D eigenvalue weighted by Gasteiger charge is 2.11. The van der Waals surface area contributed by atoms with E-state index in [0.29, 0.717) is 16.6 Å². The summed E-state index contributed by atoms with van der Waals surface area (Å²) in [5, 5.41) is 5.15. The molecule has 84 valence electrons. The molecule has 0 saturated carbocycles. The monoisotopic (exact) mass is 256 g/mol. The van der Waals surface area contributed by atoms with Gasteiger partial charge in [-0.15, -0.1) is 0 Å². The smallest absolute Gasteiger partial charge is 0.137 e. The van der Waals surface area contributed by atoms with E-state index in [9.17, 15) is 0 Å². The van der Waals surface area contributed by atoms with Gasteiger partial charge in [-0.3, -0.25) is 4.68 Å². The second-order valence-electron chi connectivity index (χ2n) is 3.39. The van der Waals surface area contributed by atoms with Gasteiger partial charge >= 0.3 is 0 Å². The van der Waals surface area contributed by atoms with Crippen LogP contribution in [-0.2, 0) is 6.54 Å². The van der Waals surface area contributed by atoms with Crippen molar-refractivity contribution in [3.8, 4) is 0 Å². The fraction of sp³-hybridized carbons (Fsp3) is 0.200. The quantitative estimate of drug-likeness (QED) is 0.917. The number of rotatable bonds is 3. The molecule has 2 rings (SSSR count). The predicted octanol–water partition coefficient (Wildman–Crippen LogP) is 2.28. The molecule has 0 amide bonds. The van der Waals surface area contributed by atoms with E-state index in [4.69, 9.17) is 28.9 Å². The average molecular weight is 257 g/mol. The molecule has 0 aliphatic rings. The first-order chi connectivity index (χ1) is 7.66. The number of halogens is 2. The molecule has 16 heavy (non-hydrogen) atoms. The fourth-order valence-electron chi connectivity index (χ4n) is 1.43. The van der Waals surface area contributed by atoms with Gasteiger partial charge in [-0.05, 0) is 17.7 Å². The Kier molecular flexibility index (Phi) is 3.43. The summed E-state index contributed by atoms with van der Waals surface area (Å²) in [6.07, 6.45) is 3.08. The third kappa shape index (κ3) is 2.52. The van der Waals surface area contributed by atoms with Crippen LogP contribution in [0.1, 0.15) is 11.6 Å². The largest absolute Gasteiger partial charge is 0.322 e. The molecular formula is C10H10Cl2N4. The molecule has 0 radical (unpaired) electrons. The van der Waals surface area contributed by atoms with Crippen molar-refractivity contribution in [1.29, 1.82) is 0 Å². The molecule has 0 bridgehead atoms. The second kappa shape index (κ2) is 4.82. The van der Waals surface area contributed by atoms with Crippen LogP contribution in [0.25, 0.3) is 0 Å². The lowest BCUT2D eigenvalue weighted by molar-refractivity contribution is 0.526.